The SMILES string of the molecule is CCNC(=O)C(C)NC(=O)C(C)C. The van der Waals surface area contributed by atoms with E-state index in [1.54, 1.807) is 20.8 Å². The van der Waals surface area contributed by atoms with Crippen LogP contribution in [0.1, 0.15) is 27.7 Å². The molecule has 0 radical (unpaired) electrons. The summed E-state index contributed by atoms with van der Waals surface area (Å²) in [7, 11) is 0. The summed E-state index contributed by atoms with van der Waals surface area (Å²) in [5.41, 5.74) is 0. The second-order valence-electron chi connectivity index (χ2n) is 3.28. The van der Waals surface area contributed by atoms with Crippen LogP contribution in [0.3, 0.4) is 0 Å². The predicted molar refractivity (Wildman–Crippen MR) is 51.1 cm³/mol. The number of amides is 2. The first-order chi connectivity index (χ1) is 5.99. The lowest BCUT2D eigenvalue weighted by Crippen LogP contribution is -2.45. The van der Waals surface area contributed by atoms with Crippen molar-refractivity contribution >= 4 is 11.8 Å². The van der Waals surface area contributed by atoms with Gasteiger partial charge in [-0.2, -0.15) is 0 Å². The number of carbonyl (C=O) groups is 2. The van der Waals surface area contributed by atoms with Crippen molar-refractivity contribution in [1.29, 1.82) is 0 Å². The van der Waals surface area contributed by atoms with Crippen LogP contribution >= 0.6 is 0 Å². The standard InChI is InChI=1S/C9H18N2O2/c1-5-10-9(13)7(4)11-8(12)6(2)3/h6-7H,5H2,1-4H3,(H,10,13)(H,11,12). The second-order valence-corrected chi connectivity index (χ2v) is 3.28. The van der Waals surface area contributed by atoms with Crippen LogP contribution in [0.2, 0.25) is 0 Å². The molecule has 0 aromatic heterocycles. The van der Waals surface area contributed by atoms with E-state index in [0.717, 1.165) is 0 Å². The lowest BCUT2D eigenvalue weighted by atomic mass is 10.2. The molecule has 2 amide bonds. The number of hydrogen-bond acceptors (Lipinski definition) is 2. The Labute approximate surface area is 79.1 Å². The van der Waals surface area contributed by atoms with Gasteiger partial charge in [0.15, 0.2) is 0 Å². The molecule has 0 spiro atoms. The van der Waals surface area contributed by atoms with E-state index in [2.05, 4.69) is 10.6 Å². The Morgan fingerprint density at radius 1 is 1.15 bits per heavy atom. The van der Waals surface area contributed by atoms with Crippen molar-refractivity contribution < 1.29 is 9.59 Å². The molecule has 0 fully saturated rings. The van der Waals surface area contributed by atoms with Gasteiger partial charge in [-0.15, -0.1) is 0 Å². The van der Waals surface area contributed by atoms with Crippen LogP contribution in [0.4, 0.5) is 0 Å². The molecule has 1 unspecified atom stereocenters. The molecule has 76 valence electrons. The van der Waals surface area contributed by atoms with Gasteiger partial charge in [-0.3, -0.25) is 9.59 Å². The molecule has 0 saturated heterocycles. The minimum atomic E-state index is -0.449. The number of likely N-dealkylation sites (N-methyl/N-ethyl adjacent to an activating group) is 1. The fourth-order valence-electron chi connectivity index (χ4n) is 0.773. The molecule has 0 aliphatic carbocycles. The summed E-state index contributed by atoms with van der Waals surface area (Å²) in [6, 6.07) is -0.449. The van der Waals surface area contributed by atoms with Gasteiger partial charge >= 0.3 is 0 Å². The Hall–Kier alpha value is -1.06. The summed E-state index contributed by atoms with van der Waals surface area (Å²) in [5, 5.41) is 5.25. The van der Waals surface area contributed by atoms with Crippen molar-refractivity contribution in [2.75, 3.05) is 6.54 Å². The first kappa shape index (κ1) is 11.9. The molecule has 0 saturated carbocycles. The van der Waals surface area contributed by atoms with Gasteiger partial charge in [-0.1, -0.05) is 13.8 Å². The average molecular weight is 186 g/mol. The molecular weight excluding hydrogens is 168 g/mol. The summed E-state index contributed by atoms with van der Waals surface area (Å²) in [6.45, 7) is 7.68. The largest absolute Gasteiger partial charge is 0.355 e. The lowest BCUT2D eigenvalue weighted by Gasteiger charge is -2.14. The Morgan fingerprint density at radius 3 is 2.08 bits per heavy atom. The van der Waals surface area contributed by atoms with Crippen LogP contribution in [0.25, 0.3) is 0 Å². The maximum Gasteiger partial charge on any atom is 0.242 e. The third-order valence-electron chi connectivity index (χ3n) is 1.63. The van der Waals surface area contributed by atoms with Gasteiger partial charge in [0.25, 0.3) is 0 Å². The fourth-order valence-corrected chi connectivity index (χ4v) is 0.773. The predicted octanol–water partition coefficient (Wildman–Crippen LogP) is 0.283. The molecule has 13 heavy (non-hydrogen) atoms. The monoisotopic (exact) mass is 186 g/mol. The minimum Gasteiger partial charge on any atom is -0.355 e. The Bertz CT molecular complexity index is 190. The molecule has 4 nitrogen and oxygen atoms in total. The van der Waals surface area contributed by atoms with Gasteiger partial charge in [0, 0.05) is 12.5 Å². The smallest absolute Gasteiger partial charge is 0.242 e. The molecule has 0 aromatic carbocycles. The van der Waals surface area contributed by atoms with E-state index >= 15 is 0 Å². The molecule has 0 aliphatic heterocycles. The first-order valence-electron chi connectivity index (χ1n) is 4.57. The Morgan fingerprint density at radius 2 is 1.69 bits per heavy atom. The highest BCUT2D eigenvalue weighted by Gasteiger charge is 2.15. The van der Waals surface area contributed by atoms with Crippen molar-refractivity contribution in [3.05, 3.63) is 0 Å². The zero-order chi connectivity index (χ0) is 10.4. The topological polar surface area (TPSA) is 58.2 Å². The zero-order valence-electron chi connectivity index (χ0n) is 8.68. The van der Waals surface area contributed by atoms with Crippen molar-refractivity contribution in [3.8, 4) is 0 Å². The van der Waals surface area contributed by atoms with Crippen LogP contribution in [0, 0.1) is 5.92 Å². The summed E-state index contributed by atoms with van der Waals surface area (Å²) in [6.07, 6.45) is 0. The number of rotatable bonds is 4. The second kappa shape index (κ2) is 5.56. The molecule has 0 rings (SSSR count). The summed E-state index contributed by atoms with van der Waals surface area (Å²) in [5.74, 6) is -0.327. The minimum absolute atomic E-state index is 0.0862. The normalized spacial score (nSPS) is 12.4. The third kappa shape index (κ3) is 4.50. The average Bonchev–Trinajstić information content (AvgIpc) is 2.04. The maximum absolute atomic E-state index is 11.2. The Balaban J connectivity index is 3.92. The molecule has 0 bridgehead atoms. The highest BCUT2D eigenvalue weighted by atomic mass is 16.2. The summed E-state index contributed by atoms with van der Waals surface area (Å²) in [4.78, 5) is 22.3. The fraction of sp³-hybridized carbons (Fsp3) is 0.778. The quantitative estimate of drug-likeness (QED) is 0.662. The molecule has 4 heteroatoms. The van der Waals surface area contributed by atoms with Gasteiger partial charge in [-0.05, 0) is 13.8 Å². The van der Waals surface area contributed by atoms with Crippen LogP contribution in [-0.4, -0.2) is 24.4 Å². The molecule has 0 aliphatic rings. The van der Waals surface area contributed by atoms with Crippen molar-refractivity contribution in [2.24, 2.45) is 5.92 Å². The van der Waals surface area contributed by atoms with E-state index in [0.29, 0.717) is 6.54 Å². The van der Waals surface area contributed by atoms with E-state index in [-0.39, 0.29) is 17.7 Å². The van der Waals surface area contributed by atoms with Gasteiger partial charge in [0.2, 0.25) is 11.8 Å². The summed E-state index contributed by atoms with van der Waals surface area (Å²) >= 11 is 0. The highest BCUT2D eigenvalue weighted by Crippen LogP contribution is 1.92. The van der Waals surface area contributed by atoms with E-state index in [4.69, 9.17) is 0 Å². The number of nitrogens with one attached hydrogen (secondary N) is 2. The van der Waals surface area contributed by atoms with Crippen LogP contribution < -0.4 is 10.6 Å². The number of carbonyl (C=O) groups excluding carboxylic acids is 2. The van der Waals surface area contributed by atoms with Gasteiger partial charge in [-0.25, -0.2) is 0 Å². The van der Waals surface area contributed by atoms with E-state index < -0.39 is 6.04 Å². The lowest BCUT2D eigenvalue weighted by molar-refractivity contribution is -0.130. The van der Waals surface area contributed by atoms with Crippen LogP contribution in [0.15, 0.2) is 0 Å². The van der Waals surface area contributed by atoms with Crippen LogP contribution in [0.5, 0.6) is 0 Å². The molecule has 1 atom stereocenters. The van der Waals surface area contributed by atoms with E-state index in [1.807, 2.05) is 6.92 Å². The van der Waals surface area contributed by atoms with Gasteiger partial charge in [0.1, 0.15) is 6.04 Å². The molecule has 0 heterocycles. The van der Waals surface area contributed by atoms with Gasteiger partial charge in [0.05, 0.1) is 0 Å². The van der Waals surface area contributed by atoms with Crippen molar-refractivity contribution in [2.45, 2.75) is 33.7 Å². The molecule has 0 aromatic rings. The zero-order valence-corrected chi connectivity index (χ0v) is 8.68. The van der Waals surface area contributed by atoms with Gasteiger partial charge < -0.3 is 10.6 Å². The van der Waals surface area contributed by atoms with Crippen LogP contribution in [-0.2, 0) is 9.59 Å². The number of hydrogen-bond donors (Lipinski definition) is 2. The molecule has 2 N–H and O–H groups in total. The molecular formula is C9H18N2O2. The summed E-state index contributed by atoms with van der Waals surface area (Å²) < 4.78 is 0. The third-order valence-corrected chi connectivity index (χ3v) is 1.63. The maximum atomic E-state index is 11.2. The highest BCUT2D eigenvalue weighted by molar-refractivity contribution is 5.87. The first-order valence-corrected chi connectivity index (χ1v) is 4.57. The Kier molecular flexibility index (Phi) is 5.11. The van der Waals surface area contributed by atoms with Crippen molar-refractivity contribution in [3.63, 3.8) is 0 Å². The van der Waals surface area contributed by atoms with Crippen molar-refractivity contribution in [1.82, 2.24) is 10.6 Å². The van der Waals surface area contributed by atoms with E-state index in [9.17, 15) is 9.59 Å². The van der Waals surface area contributed by atoms with E-state index in [1.165, 1.54) is 0 Å².